The smallest absolute Gasteiger partial charge is 0.180 e. The van der Waals surface area contributed by atoms with Crippen molar-refractivity contribution in [3.63, 3.8) is 0 Å². The highest BCUT2D eigenvalue weighted by Crippen LogP contribution is 2.40. The van der Waals surface area contributed by atoms with E-state index < -0.39 is 0 Å². The summed E-state index contributed by atoms with van der Waals surface area (Å²) in [5, 5.41) is 8.61. The second-order valence-electron chi connectivity index (χ2n) is 15.7. The largest absolute Gasteiger partial charge is 0.452 e. The minimum Gasteiger partial charge on any atom is -0.452 e. The molecule has 0 atom stereocenters. The summed E-state index contributed by atoms with van der Waals surface area (Å²) in [4.78, 5) is 10.3. The lowest BCUT2D eigenvalue weighted by atomic mass is 9.91. The molecule has 284 valence electrons. The van der Waals surface area contributed by atoms with E-state index in [1.807, 2.05) is 24.3 Å². The summed E-state index contributed by atoms with van der Waals surface area (Å²) in [5.74, 6) is 0.666. The molecule has 0 radical (unpaired) electrons. The van der Waals surface area contributed by atoms with E-state index in [1.54, 1.807) is 0 Å². The van der Waals surface area contributed by atoms with Crippen LogP contribution in [0.25, 0.3) is 122 Å². The fourth-order valence-corrected chi connectivity index (χ4v) is 9.01. The topological polar surface area (TPSA) is 38.9 Å². The van der Waals surface area contributed by atoms with Gasteiger partial charge in [0.05, 0.1) is 0 Å². The third-order valence-electron chi connectivity index (χ3n) is 12.1. The molecule has 0 aliphatic rings. The minimum atomic E-state index is 0.666. The maximum Gasteiger partial charge on any atom is 0.180 e. The Kier molecular flexibility index (Phi) is 8.17. The van der Waals surface area contributed by atoms with Gasteiger partial charge in [0.2, 0.25) is 0 Å². The first-order valence-corrected chi connectivity index (χ1v) is 20.7. The summed E-state index contributed by atoms with van der Waals surface area (Å²) < 4.78 is 6.78. The minimum absolute atomic E-state index is 0.666. The molecule has 0 amide bonds. The van der Waals surface area contributed by atoms with Crippen molar-refractivity contribution in [1.29, 1.82) is 0 Å². The van der Waals surface area contributed by atoms with E-state index in [9.17, 15) is 0 Å². The van der Waals surface area contributed by atoms with E-state index in [4.69, 9.17) is 14.4 Å². The van der Waals surface area contributed by atoms with Crippen LogP contribution in [-0.2, 0) is 0 Å². The first-order chi connectivity index (χ1) is 30.2. The van der Waals surface area contributed by atoms with Gasteiger partial charge in [-0.3, -0.25) is 0 Å². The van der Waals surface area contributed by atoms with Crippen molar-refractivity contribution in [3.05, 3.63) is 218 Å². The fourth-order valence-electron chi connectivity index (χ4n) is 9.01. The van der Waals surface area contributed by atoms with Gasteiger partial charge in [0.15, 0.2) is 11.4 Å². The average Bonchev–Trinajstić information content (AvgIpc) is 3.72. The Balaban J connectivity index is 0.932. The van der Waals surface area contributed by atoms with Gasteiger partial charge < -0.3 is 4.42 Å². The van der Waals surface area contributed by atoms with Gasteiger partial charge in [-0.25, -0.2) is 9.97 Å². The summed E-state index contributed by atoms with van der Waals surface area (Å²) >= 11 is 0. The Morgan fingerprint density at radius 2 is 0.672 bits per heavy atom. The van der Waals surface area contributed by atoms with E-state index >= 15 is 0 Å². The van der Waals surface area contributed by atoms with Crippen molar-refractivity contribution in [2.24, 2.45) is 0 Å². The highest BCUT2D eigenvalue weighted by atomic mass is 16.3. The molecular weight excluding hydrogens is 741 g/mol. The van der Waals surface area contributed by atoms with Crippen molar-refractivity contribution >= 4 is 54.4 Å². The molecule has 0 aliphatic heterocycles. The van der Waals surface area contributed by atoms with E-state index in [0.29, 0.717) is 11.4 Å². The molecule has 0 saturated heterocycles. The molecule has 3 nitrogen and oxygen atoms in total. The Labute approximate surface area is 352 Å². The molecule has 61 heavy (non-hydrogen) atoms. The third kappa shape index (κ3) is 6.06. The fraction of sp³-hybridized carbons (Fsp3) is 0. The summed E-state index contributed by atoms with van der Waals surface area (Å²) in [6.07, 6.45) is 0. The van der Waals surface area contributed by atoms with E-state index in [-0.39, 0.29) is 0 Å². The highest BCUT2D eigenvalue weighted by molar-refractivity contribution is 6.25. The molecule has 0 aliphatic carbocycles. The van der Waals surface area contributed by atoms with Gasteiger partial charge in [-0.2, -0.15) is 0 Å². The summed E-state index contributed by atoms with van der Waals surface area (Å²) in [6.45, 7) is 0. The Bertz CT molecular complexity index is 3570. The number of hydrogen-bond acceptors (Lipinski definition) is 3. The van der Waals surface area contributed by atoms with E-state index in [1.165, 1.54) is 49.0 Å². The van der Waals surface area contributed by atoms with Crippen LogP contribution in [0.1, 0.15) is 0 Å². The molecule has 12 rings (SSSR count). The first-order valence-electron chi connectivity index (χ1n) is 20.7. The average molecular weight is 777 g/mol. The van der Waals surface area contributed by atoms with Crippen LogP contribution in [0, 0.1) is 0 Å². The van der Waals surface area contributed by atoms with Crippen molar-refractivity contribution in [2.75, 3.05) is 0 Å². The molecule has 2 aromatic heterocycles. The van der Waals surface area contributed by atoms with E-state index in [0.717, 1.165) is 61.1 Å². The van der Waals surface area contributed by atoms with Crippen LogP contribution in [0.5, 0.6) is 0 Å². The van der Waals surface area contributed by atoms with Crippen molar-refractivity contribution in [3.8, 4) is 67.2 Å². The normalized spacial score (nSPS) is 11.6. The van der Waals surface area contributed by atoms with Crippen LogP contribution in [0.2, 0.25) is 0 Å². The van der Waals surface area contributed by atoms with E-state index in [2.05, 4.69) is 194 Å². The highest BCUT2D eigenvalue weighted by Gasteiger charge is 2.19. The number of nitrogens with zero attached hydrogens (tertiary/aromatic N) is 2. The van der Waals surface area contributed by atoms with Gasteiger partial charge in [-0.1, -0.05) is 194 Å². The monoisotopic (exact) mass is 776 g/mol. The Morgan fingerprint density at radius 1 is 0.262 bits per heavy atom. The van der Waals surface area contributed by atoms with Crippen molar-refractivity contribution < 1.29 is 4.42 Å². The molecule has 0 saturated carbocycles. The molecule has 0 bridgehead atoms. The SMILES string of the molecule is c1ccc(-c2ccc(-c3ccc(-c4nc(-c5ccccc5)nc5c4oc4cc(-c6cccc(-c7ccc8c9ccccc9c9ccccc9c8c7)c6)ccc45)cc3)cc2)cc1. The molecule has 3 heteroatoms. The lowest BCUT2D eigenvalue weighted by molar-refractivity contribution is 0.667. The van der Waals surface area contributed by atoms with Gasteiger partial charge in [0, 0.05) is 16.5 Å². The number of aromatic nitrogens is 2. The summed E-state index contributed by atoms with van der Waals surface area (Å²) in [5.41, 5.74) is 14.2. The number of furan rings is 1. The molecule has 0 unspecified atom stereocenters. The first kappa shape index (κ1) is 34.9. The molecule has 12 aromatic rings. The quantitative estimate of drug-likeness (QED) is 0.158. The second-order valence-corrected chi connectivity index (χ2v) is 15.7. The molecule has 0 spiro atoms. The molecule has 10 aromatic carbocycles. The third-order valence-corrected chi connectivity index (χ3v) is 12.1. The zero-order chi connectivity index (χ0) is 40.3. The molecule has 2 heterocycles. The van der Waals surface area contributed by atoms with Crippen LogP contribution in [0.4, 0.5) is 0 Å². The molecule has 0 N–H and O–H groups in total. The molecular formula is C58H36N2O. The number of benzene rings is 10. The zero-order valence-corrected chi connectivity index (χ0v) is 33.1. The predicted molar refractivity (Wildman–Crippen MR) is 254 cm³/mol. The standard InChI is InChI=1S/C58H36N2O/c1-3-12-37(13-4-1)38-22-24-39(25-23-38)40-26-28-41(29-27-40)55-57-56(60-58(59-55)42-14-5-2-6-15-42)52-33-31-46(36-54(52)61-57)44-17-11-16-43(34-44)45-30-32-51-49-20-8-7-18-47(49)48-19-9-10-21-50(48)53(51)35-45/h1-36H. The van der Waals surface area contributed by atoms with Crippen LogP contribution >= 0.6 is 0 Å². The molecule has 0 fully saturated rings. The lowest BCUT2D eigenvalue weighted by Crippen LogP contribution is -1.93. The summed E-state index contributed by atoms with van der Waals surface area (Å²) in [7, 11) is 0. The van der Waals surface area contributed by atoms with Crippen LogP contribution in [0.3, 0.4) is 0 Å². The summed E-state index contributed by atoms with van der Waals surface area (Å²) in [6, 6.07) is 77.6. The van der Waals surface area contributed by atoms with Crippen molar-refractivity contribution in [1.82, 2.24) is 9.97 Å². The Morgan fingerprint density at radius 3 is 1.26 bits per heavy atom. The lowest BCUT2D eigenvalue weighted by Gasteiger charge is -2.12. The number of rotatable bonds is 6. The number of fused-ring (bicyclic) bond motifs is 9. The maximum absolute atomic E-state index is 6.78. The van der Waals surface area contributed by atoms with Crippen LogP contribution < -0.4 is 0 Å². The van der Waals surface area contributed by atoms with Crippen LogP contribution in [0.15, 0.2) is 223 Å². The van der Waals surface area contributed by atoms with Gasteiger partial charge in [0.1, 0.15) is 16.8 Å². The Hall–Kier alpha value is -8.14. The van der Waals surface area contributed by atoms with Gasteiger partial charge >= 0.3 is 0 Å². The number of hydrogen-bond donors (Lipinski definition) is 0. The second kappa shape index (κ2) is 14.3. The van der Waals surface area contributed by atoms with Crippen molar-refractivity contribution in [2.45, 2.75) is 0 Å². The maximum atomic E-state index is 6.78. The predicted octanol–water partition coefficient (Wildman–Crippen LogP) is 15.8. The van der Waals surface area contributed by atoms with Gasteiger partial charge in [-0.15, -0.1) is 0 Å². The van der Waals surface area contributed by atoms with Gasteiger partial charge in [-0.05, 0) is 101 Å². The van der Waals surface area contributed by atoms with Gasteiger partial charge in [0.25, 0.3) is 0 Å². The zero-order valence-electron chi connectivity index (χ0n) is 33.1. The van der Waals surface area contributed by atoms with Crippen LogP contribution in [-0.4, -0.2) is 9.97 Å².